The minimum absolute atomic E-state index is 0.0102. The summed E-state index contributed by atoms with van der Waals surface area (Å²) in [6, 6.07) is 1.61. The van der Waals surface area contributed by atoms with Crippen molar-refractivity contribution in [1.29, 1.82) is 0 Å². The summed E-state index contributed by atoms with van der Waals surface area (Å²) in [5.41, 5.74) is 1.50. The van der Waals surface area contributed by atoms with E-state index in [1.165, 1.54) is 0 Å². The van der Waals surface area contributed by atoms with Crippen LogP contribution in [-0.4, -0.2) is 20.1 Å². The van der Waals surface area contributed by atoms with Gasteiger partial charge in [0.1, 0.15) is 0 Å². The maximum Gasteiger partial charge on any atom is 0.314 e. The third-order valence-electron chi connectivity index (χ3n) is 2.32. The van der Waals surface area contributed by atoms with Crippen LogP contribution in [0.2, 0.25) is 0 Å². The predicted octanol–water partition coefficient (Wildman–Crippen LogP) is 1.63. The van der Waals surface area contributed by atoms with E-state index in [1.807, 2.05) is 0 Å². The Morgan fingerprint density at radius 3 is 3.06 bits per heavy atom. The molecule has 0 aromatic carbocycles. The Hall–Kier alpha value is -2.44. The van der Waals surface area contributed by atoms with Crippen molar-refractivity contribution in [3.8, 4) is 0 Å². The van der Waals surface area contributed by atoms with Crippen LogP contribution in [0.1, 0.15) is 11.1 Å². The number of aromatic nitrogens is 3. The number of hydrogen-bond donors (Lipinski definition) is 2. The van der Waals surface area contributed by atoms with Crippen LogP contribution < -0.4 is 5.32 Å². The Kier molecular flexibility index (Phi) is 2.99. The number of nitrogens with one attached hydrogen (secondary N) is 2. The third kappa shape index (κ3) is 2.39. The molecule has 0 fully saturated rings. The normalized spacial score (nSPS) is 10.2. The lowest BCUT2D eigenvalue weighted by Crippen LogP contribution is -2.05. The van der Waals surface area contributed by atoms with Crippen molar-refractivity contribution >= 4 is 11.5 Å². The minimum Gasteiger partial charge on any atom is -0.360 e. The van der Waals surface area contributed by atoms with Crippen LogP contribution in [0.25, 0.3) is 0 Å². The van der Waals surface area contributed by atoms with Gasteiger partial charge in [-0.2, -0.15) is 5.10 Å². The number of aromatic amines is 1. The molecule has 0 aliphatic rings. The zero-order valence-corrected chi connectivity index (χ0v) is 9.17. The molecule has 17 heavy (non-hydrogen) atoms. The highest BCUT2D eigenvalue weighted by Crippen LogP contribution is 2.25. The van der Waals surface area contributed by atoms with E-state index in [-0.39, 0.29) is 11.5 Å². The zero-order valence-electron chi connectivity index (χ0n) is 9.17. The molecule has 2 N–H and O–H groups in total. The van der Waals surface area contributed by atoms with E-state index in [2.05, 4.69) is 20.5 Å². The molecule has 0 unspecified atom stereocenters. The highest BCUT2D eigenvalue weighted by Gasteiger charge is 2.17. The van der Waals surface area contributed by atoms with Crippen LogP contribution >= 0.6 is 0 Å². The highest BCUT2D eigenvalue weighted by atomic mass is 16.6. The average molecular weight is 233 g/mol. The third-order valence-corrected chi connectivity index (χ3v) is 2.32. The second-order valence-corrected chi connectivity index (χ2v) is 3.54. The van der Waals surface area contributed by atoms with Gasteiger partial charge in [0.25, 0.3) is 0 Å². The van der Waals surface area contributed by atoms with Gasteiger partial charge in [0, 0.05) is 30.1 Å². The number of aryl methyl sites for hydroxylation is 1. The first-order valence-corrected chi connectivity index (χ1v) is 5.00. The first-order chi connectivity index (χ1) is 8.18. The van der Waals surface area contributed by atoms with Gasteiger partial charge in [0.15, 0.2) is 0 Å². The standard InChI is InChI=1S/C10H11N5O2/c1-7-2-3-11-10(9(7)15(16)17)12-4-8-5-13-14-6-8/h2-3,5-6H,4H2,1H3,(H,11,12)(H,13,14). The van der Waals surface area contributed by atoms with Crippen LogP contribution in [0, 0.1) is 17.0 Å². The number of hydrogen-bond acceptors (Lipinski definition) is 5. The average Bonchev–Trinajstić information content (AvgIpc) is 2.78. The topological polar surface area (TPSA) is 96.7 Å². The van der Waals surface area contributed by atoms with Crippen LogP contribution in [-0.2, 0) is 6.54 Å². The molecule has 0 bridgehead atoms. The van der Waals surface area contributed by atoms with E-state index in [1.54, 1.807) is 31.6 Å². The molecule has 2 aromatic heterocycles. The Morgan fingerprint density at radius 2 is 2.41 bits per heavy atom. The SMILES string of the molecule is Cc1ccnc(NCc2cn[nH]c2)c1[N+](=O)[O-]. The molecule has 0 aliphatic carbocycles. The van der Waals surface area contributed by atoms with Gasteiger partial charge in [-0.1, -0.05) is 0 Å². The fourth-order valence-corrected chi connectivity index (χ4v) is 1.47. The predicted molar refractivity (Wildman–Crippen MR) is 61.5 cm³/mol. The van der Waals surface area contributed by atoms with E-state index < -0.39 is 4.92 Å². The molecular formula is C10H11N5O2. The molecule has 2 aromatic rings. The number of rotatable bonds is 4. The summed E-state index contributed by atoms with van der Waals surface area (Å²) in [5, 5.41) is 20.3. The maximum absolute atomic E-state index is 10.9. The number of nitrogens with zero attached hydrogens (tertiary/aromatic N) is 3. The van der Waals surface area contributed by atoms with E-state index in [9.17, 15) is 10.1 Å². The largest absolute Gasteiger partial charge is 0.360 e. The van der Waals surface area contributed by atoms with Crippen molar-refractivity contribution in [2.75, 3.05) is 5.32 Å². The van der Waals surface area contributed by atoms with Crippen molar-refractivity contribution in [3.63, 3.8) is 0 Å². The quantitative estimate of drug-likeness (QED) is 0.618. The Balaban J connectivity index is 2.21. The van der Waals surface area contributed by atoms with Gasteiger partial charge in [-0.25, -0.2) is 4.98 Å². The second kappa shape index (κ2) is 4.60. The van der Waals surface area contributed by atoms with Gasteiger partial charge in [-0.05, 0) is 13.0 Å². The summed E-state index contributed by atoms with van der Waals surface area (Å²) in [7, 11) is 0. The molecule has 88 valence electrons. The maximum atomic E-state index is 10.9. The molecule has 0 spiro atoms. The Morgan fingerprint density at radius 1 is 1.59 bits per heavy atom. The molecule has 7 heteroatoms. The van der Waals surface area contributed by atoms with Crippen molar-refractivity contribution in [1.82, 2.24) is 15.2 Å². The van der Waals surface area contributed by atoms with Crippen LogP contribution in [0.15, 0.2) is 24.7 Å². The van der Waals surface area contributed by atoms with Gasteiger partial charge < -0.3 is 5.32 Å². The van der Waals surface area contributed by atoms with Gasteiger partial charge in [0.05, 0.1) is 11.1 Å². The van der Waals surface area contributed by atoms with Crippen molar-refractivity contribution in [3.05, 3.63) is 45.9 Å². The van der Waals surface area contributed by atoms with E-state index in [0.29, 0.717) is 12.1 Å². The van der Waals surface area contributed by atoms with Gasteiger partial charge in [-0.3, -0.25) is 15.2 Å². The summed E-state index contributed by atoms with van der Waals surface area (Å²) in [4.78, 5) is 14.5. The van der Waals surface area contributed by atoms with Crippen LogP contribution in [0.3, 0.4) is 0 Å². The lowest BCUT2D eigenvalue weighted by atomic mass is 10.2. The van der Waals surface area contributed by atoms with Crippen LogP contribution in [0.4, 0.5) is 11.5 Å². The number of anilines is 1. The molecule has 0 amide bonds. The molecule has 2 heterocycles. The molecule has 0 aliphatic heterocycles. The second-order valence-electron chi connectivity index (χ2n) is 3.54. The van der Waals surface area contributed by atoms with E-state index in [0.717, 1.165) is 5.56 Å². The molecule has 0 saturated carbocycles. The fourth-order valence-electron chi connectivity index (χ4n) is 1.47. The summed E-state index contributed by atoms with van der Waals surface area (Å²) in [6.45, 7) is 2.12. The fraction of sp³-hybridized carbons (Fsp3) is 0.200. The summed E-state index contributed by atoms with van der Waals surface area (Å²) >= 11 is 0. The summed E-state index contributed by atoms with van der Waals surface area (Å²) < 4.78 is 0. The minimum atomic E-state index is -0.431. The van der Waals surface area contributed by atoms with Gasteiger partial charge in [-0.15, -0.1) is 0 Å². The van der Waals surface area contributed by atoms with Gasteiger partial charge >= 0.3 is 5.69 Å². The summed E-state index contributed by atoms with van der Waals surface area (Å²) in [5.74, 6) is 0.274. The molecule has 7 nitrogen and oxygen atoms in total. The van der Waals surface area contributed by atoms with E-state index in [4.69, 9.17) is 0 Å². The molecule has 2 rings (SSSR count). The molecular weight excluding hydrogens is 222 g/mol. The summed E-state index contributed by atoms with van der Waals surface area (Å²) in [6.07, 6.45) is 4.91. The van der Waals surface area contributed by atoms with Crippen molar-refractivity contribution in [2.24, 2.45) is 0 Å². The first-order valence-electron chi connectivity index (χ1n) is 5.00. The van der Waals surface area contributed by atoms with E-state index >= 15 is 0 Å². The van der Waals surface area contributed by atoms with Gasteiger partial charge in [0.2, 0.25) is 5.82 Å². The number of pyridine rings is 1. The number of nitro groups is 1. The molecule has 0 radical (unpaired) electrons. The smallest absolute Gasteiger partial charge is 0.314 e. The zero-order chi connectivity index (χ0) is 12.3. The lowest BCUT2D eigenvalue weighted by Gasteiger charge is -2.05. The van der Waals surface area contributed by atoms with Crippen molar-refractivity contribution in [2.45, 2.75) is 13.5 Å². The Bertz CT molecular complexity index is 523. The monoisotopic (exact) mass is 233 g/mol. The highest BCUT2D eigenvalue weighted by molar-refractivity contribution is 5.59. The van der Waals surface area contributed by atoms with Crippen LogP contribution in [0.5, 0.6) is 0 Å². The first kappa shape index (κ1) is 11.1. The number of H-pyrrole nitrogens is 1. The van der Waals surface area contributed by atoms with Crippen molar-refractivity contribution < 1.29 is 4.92 Å². The molecule has 0 saturated heterocycles. The lowest BCUT2D eigenvalue weighted by molar-refractivity contribution is -0.384. The Labute approximate surface area is 97.0 Å². The molecule has 0 atom stereocenters.